The Morgan fingerprint density at radius 2 is 1.73 bits per heavy atom. The molecule has 0 aromatic heterocycles. The molecule has 0 aromatic rings. The maximum atomic E-state index is 11.7. The molecule has 0 aromatic carbocycles. The van der Waals surface area contributed by atoms with E-state index in [2.05, 4.69) is 22.5 Å². The SMILES string of the molecule is NC(=S)NNS(=O)(=O)N1CCCCCC1. The van der Waals surface area contributed by atoms with Crippen LogP contribution >= 0.6 is 12.2 Å². The molecule has 0 amide bonds. The van der Waals surface area contributed by atoms with Crippen LogP contribution in [0.5, 0.6) is 0 Å². The first kappa shape index (κ1) is 12.6. The lowest BCUT2D eigenvalue weighted by molar-refractivity contribution is 0.413. The lowest BCUT2D eigenvalue weighted by Crippen LogP contribution is -2.50. The second-order valence-electron chi connectivity index (χ2n) is 3.41. The van der Waals surface area contributed by atoms with Crippen molar-refractivity contribution in [3.8, 4) is 0 Å². The van der Waals surface area contributed by atoms with Gasteiger partial charge >= 0.3 is 0 Å². The second-order valence-corrected chi connectivity index (χ2v) is 5.52. The van der Waals surface area contributed by atoms with Crippen LogP contribution in [0, 0.1) is 0 Å². The van der Waals surface area contributed by atoms with Gasteiger partial charge in [-0.25, -0.2) is 0 Å². The summed E-state index contributed by atoms with van der Waals surface area (Å²) in [5.74, 6) is 0. The van der Waals surface area contributed by atoms with Gasteiger partial charge in [-0.05, 0) is 25.1 Å². The van der Waals surface area contributed by atoms with Crippen LogP contribution in [0.15, 0.2) is 0 Å². The maximum absolute atomic E-state index is 11.7. The molecule has 0 unspecified atom stereocenters. The molecule has 0 spiro atoms. The van der Waals surface area contributed by atoms with Crippen molar-refractivity contribution in [1.29, 1.82) is 0 Å². The summed E-state index contributed by atoms with van der Waals surface area (Å²) in [4.78, 5) is 2.14. The van der Waals surface area contributed by atoms with E-state index in [0.29, 0.717) is 13.1 Å². The summed E-state index contributed by atoms with van der Waals surface area (Å²) >= 11 is 4.51. The Hall–Kier alpha value is -0.440. The first-order valence-electron chi connectivity index (χ1n) is 4.85. The second kappa shape index (κ2) is 5.59. The van der Waals surface area contributed by atoms with Crippen molar-refractivity contribution in [2.45, 2.75) is 25.7 Å². The molecule has 4 N–H and O–H groups in total. The Kier molecular flexibility index (Phi) is 4.71. The molecular weight excluding hydrogens is 236 g/mol. The Morgan fingerprint density at radius 3 is 2.20 bits per heavy atom. The number of hydrazine groups is 1. The van der Waals surface area contributed by atoms with Crippen LogP contribution in [0.3, 0.4) is 0 Å². The summed E-state index contributed by atoms with van der Waals surface area (Å²) in [6.07, 6.45) is 3.95. The van der Waals surface area contributed by atoms with Gasteiger partial charge in [-0.15, -0.1) is 4.83 Å². The summed E-state index contributed by atoms with van der Waals surface area (Å²) in [6, 6.07) is 0. The van der Waals surface area contributed by atoms with Crippen molar-refractivity contribution in [3.63, 3.8) is 0 Å². The van der Waals surface area contributed by atoms with Crippen molar-refractivity contribution < 1.29 is 8.42 Å². The molecule has 1 rings (SSSR count). The lowest BCUT2D eigenvalue weighted by Gasteiger charge is -2.20. The van der Waals surface area contributed by atoms with Crippen molar-refractivity contribution in [2.75, 3.05) is 13.1 Å². The topological polar surface area (TPSA) is 87.5 Å². The Morgan fingerprint density at radius 1 is 1.20 bits per heavy atom. The maximum Gasteiger partial charge on any atom is 0.296 e. The number of nitrogens with one attached hydrogen (secondary N) is 2. The van der Waals surface area contributed by atoms with E-state index < -0.39 is 10.2 Å². The third-order valence-electron chi connectivity index (χ3n) is 2.21. The lowest BCUT2D eigenvalue weighted by atomic mass is 10.2. The fraction of sp³-hybridized carbons (Fsp3) is 0.857. The van der Waals surface area contributed by atoms with Gasteiger partial charge in [-0.3, -0.25) is 5.43 Å². The molecule has 1 heterocycles. The molecule has 1 fully saturated rings. The van der Waals surface area contributed by atoms with Crippen LogP contribution in [0.4, 0.5) is 0 Å². The predicted octanol–water partition coefficient (Wildman–Crippen LogP) is -0.555. The van der Waals surface area contributed by atoms with Gasteiger partial charge in [0.1, 0.15) is 0 Å². The van der Waals surface area contributed by atoms with Crippen LogP contribution in [0.25, 0.3) is 0 Å². The third kappa shape index (κ3) is 4.29. The molecule has 1 saturated heterocycles. The van der Waals surface area contributed by atoms with Gasteiger partial charge in [0.2, 0.25) is 0 Å². The summed E-state index contributed by atoms with van der Waals surface area (Å²) in [5.41, 5.74) is 7.37. The number of hydrogen-bond donors (Lipinski definition) is 3. The summed E-state index contributed by atoms with van der Waals surface area (Å²) in [5, 5.41) is -0.0894. The first-order chi connectivity index (χ1) is 7.02. The number of nitrogens with two attached hydrogens (primary N) is 1. The highest BCUT2D eigenvalue weighted by atomic mass is 32.2. The molecule has 0 bridgehead atoms. The number of hydrogen-bond acceptors (Lipinski definition) is 3. The molecule has 8 heteroatoms. The highest BCUT2D eigenvalue weighted by molar-refractivity contribution is 7.87. The van der Waals surface area contributed by atoms with Gasteiger partial charge in [-0.1, -0.05) is 12.8 Å². The van der Waals surface area contributed by atoms with Crippen LogP contribution in [0.1, 0.15) is 25.7 Å². The van der Waals surface area contributed by atoms with Gasteiger partial charge < -0.3 is 5.73 Å². The average molecular weight is 252 g/mol. The molecule has 1 aliphatic heterocycles. The normalized spacial score (nSPS) is 19.5. The fourth-order valence-electron chi connectivity index (χ4n) is 1.46. The summed E-state index contributed by atoms with van der Waals surface area (Å²) < 4.78 is 24.8. The molecule has 0 atom stereocenters. The molecule has 1 aliphatic rings. The van der Waals surface area contributed by atoms with Crippen molar-refractivity contribution in [3.05, 3.63) is 0 Å². The average Bonchev–Trinajstić information content (AvgIpc) is 2.43. The molecule has 6 nitrogen and oxygen atoms in total. The highest BCUT2D eigenvalue weighted by Crippen LogP contribution is 2.11. The number of rotatable bonds is 3. The number of nitrogens with zero attached hydrogens (tertiary/aromatic N) is 1. The summed E-state index contributed by atoms with van der Waals surface area (Å²) in [6.45, 7) is 1.10. The molecule has 0 radical (unpaired) electrons. The monoisotopic (exact) mass is 252 g/mol. The Labute approximate surface area is 95.3 Å². The molecule has 88 valence electrons. The van der Waals surface area contributed by atoms with Crippen LogP contribution in [0.2, 0.25) is 0 Å². The minimum atomic E-state index is -3.50. The van der Waals surface area contributed by atoms with Crippen LogP contribution < -0.4 is 16.0 Å². The largest absolute Gasteiger partial charge is 0.375 e. The Bertz CT molecular complexity index is 309. The van der Waals surface area contributed by atoms with Crippen LogP contribution in [-0.4, -0.2) is 30.9 Å². The quantitative estimate of drug-likeness (QED) is 0.463. The molecule has 15 heavy (non-hydrogen) atoms. The van der Waals surface area contributed by atoms with E-state index in [1.807, 2.05) is 0 Å². The van der Waals surface area contributed by atoms with Gasteiger partial charge in [0, 0.05) is 13.1 Å². The van der Waals surface area contributed by atoms with Crippen molar-refractivity contribution in [1.82, 2.24) is 14.6 Å². The summed E-state index contributed by atoms with van der Waals surface area (Å²) in [7, 11) is -3.50. The van der Waals surface area contributed by atoms with E-state index in [4.69, 9.17) is 5.73 Å². The van der Waals surface area contributed by atoms with E-state index in [1.165, 1.54) is 4.31 Å². The fourth-order valence-corrected chi connectivity index (χ4v) is 2.68. The molecule has 0 aliphatic carbocycles. The van der Waals surface area contributed by atoms with E-state index in [1.54, 1.807) is 0 Å². The van der Waals surface area contributed by atoms with E-state index >= 15 is 0 Å². The van der Waals surface area contributed by atoms with Gasteiger partial charge in [0.25, 0.3) is 10.2 Å². The van der Waals surface area contributed by atoms with E-state index in [-0.39, 0.29) is 5.11 Å². The molecule has 0 saturated carbocycles. The van der Waals surface area contributed by atoms with Crippen molar-refractivity contribution in [2.24, 2.45) is 5.73 Å². The van der Waals surface area contributed by atoms with Gasteiger partial charge in [0.15, 0.2) is 5.11 Å². The zero-order chi connectivity index (χ0) is 11.3. The Balaban J connectivity index is 2.54. The van der Waals surface area contributed by atoms with E-state index in [9.17, 15) is 8.42 Å². The van der Waals surface area contributed by atoms with Gasteiger partial charge in [-0.2, -0.15) is 12.7 Å². The third-order valence-corrected chi connectivity index (χ3v) is 3.72. The zero-order valence-electron chi connectivity index (χ0n) is 8.40. The standard InChI is InChI=1S/C7H16N4O2S2/c8-7(14)9-10-15(12,13)11-5-3-1-2-4-6-11/h10H,1-6H2,(H3,8,9,14). The van der Waals surface area contributed by atoms with E-state index in [0.717, 1.165) is 25.7 Å². The van der Waals surface area contributed by atoms with Gasteiger partial charge in [0.05, 0.1) is 0 Å². The van der Waals surface area contributed by atoms with Crippen LogP contribution in [-0.2, 0) is 10.2 Å². The molecular formula is C7H16N4O2S2. The predicted molar refractivity (Wildman–Crippen MR) is 62.0 cm³/mol. The van der Waals surface area contributed by atoms with Crippen molar-refractivity contribution >= 4 is 27.5 Å². The zero-order valence-corrected chi connectivity index (χ0v) is 10.0. The highest BCUT2D eigenvalue weighted by Gasteiger charge is 2.22. The first-order valence-corrected chi connectivity index (χ1v) is 6.69. The minimum Gasteiger partial charge on any atom is -0.375 e. The minimum absolute atomic E-state index is 0.0894. The smallest absolute Gasteiger partial charge is 0.296 e. The number of thiocarbonyl (C=S) groups is 1.